The Balaban J connectivity index is 1.82. The van der Waals surface area contributed by atoms with Crippen molar-refractivity contribution in [1.29, 1.82) is 0 Å². The van der Waals surface area contributed by atoms with Crippen molar-refractivity contribution < 1.29 is 18.0 Å². The summed E-state index contributed by atoms with van der Waals surface area (Å²) >= 11 is 12.6. The van der Waals surface area contributed by atoms with Crippen LogP contribution in [0.5, 0.6) is 0 Å². The highest BCUT2D eigenvalue weighted by Gasteiger charge is 2.35. The molecule has 2 amide bonds. The molecule has 0 aliphatic heterocycles. The molecule has 0 saturated carbocycles. The summed E-state index contributed by atoms with van der Waals surface area (Å²) in [5.41, 5.74) is 1.18. The van der Waals surface area contributed by atoms with Gasteiger partial charge in [0, 0.05) is 28.5 Å². The van der Waals surface area contributed by atoms with Crippen LogP contribution in [0.4, 0.5) is 5.69 Å². The van der Waals surface area contributed by atoms with Gasteiger partial charge in [0.25, 0.3) is 10.0 Å². The van der Waals surface area contributed by atoms with Crippen LogP contribution in [0.25, 0.3) is 0 Å². The molecule has 0 aliphatic rings. The molecule has 44 heavy (non-hydrogen) atoms. The van der Waals surface area contributed by atoms with Crippen LogP contribution in [0.3, 0.4) is 0 Å². The Morgan fingerprint density at radius 2 is 1.27 bits per heavy atom. The molecule has 0 saturated heterocycles. The molecule has 1 atom stereocenters. The molecule has 0 aliphatic carbocycles. The van der Waals surface area contributed by atoms with Crippen molar-refractivity contribution in [2.24, 2.45) is 0 Å². The molecule has 4 aromatic rings. The van der Waals surface area contributed by atoms with Gasteiger partial charge in [-0.3, -0.25) is 13.9 Å². The zero-order valence-electron chi connectivity index (χ0n) is 24.8. The van der Waals surface area contributed by atoms with Gasteiger partial charge in [0.2, 0.25) is 11.8 Å². The third-order valence-electron chi connectivity index (χ3n) is 6.71. The fraction of sp³-hybridized carbons (Fsp3) is 0.235. The minimum absolute atomic E-state index is 0.00943. The molecule has 0 bridgehead atoms. The van der Waals surface area contributed by atoms with E-state index in [2.05, 4.69) is 5.32 Å². The Morgan fingerprint density at radius 1 is 0.773 bits per heavy atom. The normalized spacial score (nSPS) is 12.3. The van der Waals surface area contributed by atoms with E-state index in [0.717, 1.165) is 15.4 Å². The smallest absolute Gasteiger partial charge is 0.264 e. The summed E-state index contributed by atoms with van der Waals surface area (Å²) < 4.78 is 29.1. The average Bonchev–Trinajstić information content (AvgIpc) is 2.97. The summed E-state index contributed by atoms with van der Waals surface area (Å²) in [6.45, 7) is 5.07. The number of hydrogen-bond donors (Lipinski definition) is 1. The fourth-order valence-electron chi connectivity index (χ4n) is 4.72. The van der Waals surface area contributed by atoms with Gasteiger partial charge in [-0.1, -0.05) is 102 Å². The van der Waals surface area contributed by atoms with Crippen LogP contribution in [0.15, 0.2) is 114 Å². The molecule has 0 spiro atoms. The standard InChI is InChI=1S/C34H35Cl2N3O4S/c1-34(2,3)37-33(41)31(19-25-13-7-4-8-14-25)38(23-26-15-9-5-10-16-26)32(40)24-39(29-21-27(35)20-28(36)22-29)44(42,43)30-17-11-6-12-18-30/h4-18,20-22,31H,19,23-24H2,1-3H3,(H,37,41). The Morgan fingerprint density at radius 3 is 1.80 bits per heavy atom. The Hall–Kier alpha value is -3.85. The first-order valence-electron chi connectivity index (χ1n) is 14.1. The molecule has 0 aromatic heterocycles. The number of halogens is 2. The zero-order valence-corrected chi connectivity index (χ0v) is 27.1. The van der Waals surface area contributed by atoms with Crippen molar-refractivity contribution in [3.05, 3.63) is 130 Å². The highest BCUT2D eigenvalue weighted by molar-refractivity contribution is 7.92. The third-order valence-corrected chi connectivity index (χ3v) is 8.93. The van der Waals surface area contributed by atoms with Crippen molar-refractivity contribution in [3.63, 3.8) is 0 Å². The molecule has 4 aromatic carbocycles. The van der Waals surface area contributed by atoms with Gasteiger partial charge < -0.3 is 10.2 Å². The predicted octanol–water partition coefficient (Wildman–Crippen LogP) is 6.74. The van der Waals surface area contributed by atoms with Gasteiger partial charge in [-0.15, -0.1) is 0 Å². The predicted molar refractivity (Wildman–Crippen MR) is 176 cm³/mol. The molecule has 4 rings (SSSR count). The first-order chi connectivity index (χ1) is 20.8. The zero-order chi connectivity index (χ0) is 31.9. The van der Waals surface area contributed by atoms with E-state index in [4.69, 9.17) is 23.2 Å². The molecular weight excluding hydrogens is 617 g/mol. The lowest BCUT2D eigenvalue weighted by atomic mass is 10.0. The second kappa shape index (κ2) is 14.3. The van der Waals surface area contributed by atoms with Crippen LogP contribution < -0.4 is 9.62 Å². The van der Waals surface area contributed by atoms with E-state index < -0.39 is 34.1 Å². The lowest BCUT2D eigenvalue weighted by Gasteiger charge is -2.35. The van der Waals surface area contributed by atoms with E-state index in [9.17, 15) is 18.0 Å². The van der Waals surface area contributed by atoms with Crippen molar-refractivity contribution in [1.82, 2.24) is 10.2 Å². The van der Waals surface area contributed by atoms with E-state index in [0.29, 0.717) is 0 Å². The highest BCUT2D eigenvalue weighted by atomic mass is 35.5. The second-order valence-electron chi connectivity index (χ2n) is 11.4. The monoisotopic (exact) mass is 651 g/mol. The van der Waals surface area contributed by atoms with Gasteiger partial charge in [-0.25, -0.2) is 8.42 Å². The maximum absolute atomic E-state index is 14.5. The van der Waals surface area contributed by atoms with E-state index in [1.54, 1.807) is 18.2 Å². The molecule has 0 fully saturated rings. The van der Waals surface area contributed by atoms with Crippen LogP contribution in [0, 0.1) is 0 Å². The molecule has 7 nitrogen and oxygen atoms in total. The molecule has 230 valence electrons. The lowest BCUT2D eigenvalue weighted by molar-refractivity contribution is -0.140. The van der Waals surface area contributed by atoms with Gasteiger partial charge in [0.1, 0.15) is 12.6 Å². The molecule has 1 N–H and O–H groups in total. The van der Waals surface area contributed by atoms with Crippen LogP contribution in [-0.4, -0.2) is 43.3 Å². The van der Waals surface area contributed by atoms with Crippen LogP contribution in [0.2, 0.25) is 10.0 Å². The van der Waals surface area contributed by atoms with E-state index in [1.807, 2.05) is 81.4 Å². The number of sulfonamides is 1. The maximum atomic E-state index is 14.5. The lowest BCUT2D eigenvalue weighted by Crippen LogP contribution is -2.56. The number of nitrogens with one attached hydrogen (secondary N) is 1. The van der Waals surface area contributed by atoms with Crippen LogP contribution in [-0.2, 0) is 32.6 Å². The SMILES string of the molecule is CC(C)(C)NC(=O)C(Cc1ccccc1)N(Cc1ccccc1)C(=O)CN(c1cc(Cl)cc(Cl)c1)S(=O)(=O)c1ccccc1. The van der Waals surface area contributed by atoms with Gasteiger partial charge in [-0.2, -0.15) is 0 Å². The third kappa shape index (κ3) is 8.85. The summed E-state index contributed by atoms with van der Waals surface area (Å²) in [5, 5.41) is 3.44. The van der Waals surface area contributed by atoms with Gasteiger partial charge in [0.05, 0.1) is 10.6 Å². The van der Waals surface area contributed by atoms with E-state index >= 15 is 0 Å². The van der Waals surface area contributed by atoms with Gasteiger partial charge in [-0.05, 0) is 62.2 Å². The number of amides is 2. The van der Waals surface area contributed by atoms with Crippen molar-refractivity contribution in [2.45, 2.75) is 50.2 Å². The molecule has 1 unspecified atom stereocenters. The van der Waals surface area contributed by atoms with Crippen molar-refractivity contribution in [2.75, 3.05) is 10.8 Å². The number of carbonyl (C=O) groups is 2. The number of benzene rings is 4. The van der Waals surface area contributed by atoms with Crippen LogP contribution in [0.1, 0.15) is 31.9 Å². The summed E-state index contributed by atoms with van der Waals surface area (Å²) in [6, 6.07) is 29.9. The van der Waals surface area contributed by atoms with E-state index in [1.165, 1.54) is 35.2 Å². The first kappa shape index (κ1) is 33.1. The number of nitrogens with zero attached hydrogens (tertiary/aromatic N) is 2. The summed E-state index contributed by atoms with van der Waals surface area (Å²) in [6.07, 6.45) is 0.218. The molecule has 0 radical (unpaired) electrons. The van der Waals surface area contributed by atoms with Gasteiger partial charge >= 0.3 is 0 Å². The van der Waals surface area contributed by atoms with Crippen molar-refractivity contribution >= 4 is 50.7 Å². The number of anilines is 1. The molecule has 10 heteroatoms. The fourth-order valence-corrected chi connectivity index (χ4v) is 6.65. The topological polar surface area (TPSA) is 86.8 Å². The number of rotatable bonds is 11. The largest absolute Gasteiger partial charge is 0.350 e. The quantitative estimate of drug-likeness (QED) is 0.194. The summed E-state index contributed by atoms with van der Waals surface area (Å²) in [5.74, 6) is -0.927. The summed E-state index contributed by atoms with van der Waals surface area (Å²) in [4.78, 5) is 29.8. The number of carbonyl (C=O) groups excluding carboxylic acids is 2. The average molecular weight is 653 g/mol. The minimum Gasteiger partial charge on any atom is -0.350 e. The first-order valence-corrected chi connectivity index (χ1v) is 16.3. The summed E-state index contributed by atoms with van der Waals surface area (Å²) in [7, 11) is -4.25. The van der Waals surface area contributed by atoms with Crippen molar-refractivity contribution in [3.8, 4) is 0 Å². The van der Waals surface area contributed by atoms with Gasteiger partial charge in [0.15, 0.2) is 0 Å². The minimum atomic E-state index is -4.25. The Bertz CT molecular complexity index is 1660. The number of hydrogen-bond acceptors (Lipinski definition) is 4. The maximum Gasteiger partial charge on any atom is 0.264 e. The molecular formula is C34H35Cl2N3O4S. The second-order valence-corrected chi connectivity index (χ2v) is 14.1. The van der Waals surface area contributed by atoms with Crippen LogP contribution >= 0.6 is 23.2 Å². The highest BCUT2D eigenvalue weighted by Crippen LogP contribution is 2.30. The van der Waals surface area contributed by atoms with E-state index in [-0.39, 0.29) is 39.5 Å². The Kier molecular flexibility index (Phi) is 10.7. The molecule has 0 heterocycles. The Labute approximate surface area is 269 Å².